The lowest BCUT2D eigenvalue weighted by molar-refractivity contribution is -0.119. The average Bonchev–Trinajstić information content (AvgIpc) is 0.851. The Labute approximate surface area is 800 Å². The van der Waals surface area contributed by atoms with E-state index in [1.165, 1.54) is 11.8 Å². The van der Waals surface area contributed by atoms with E-state index in [1.54, 1.807) is 93.2 Å². The van der Waals surface area contributed by atoms with Gasteiger partial charge in [0.25, 0.3) is 0 Å². The van der Waals surface area contributed by atoms with Gasteiger partial charge in [-0.1, -0.05) is 94.1 Å². The van der Waals surface area contributed by atoms with E-state index in [2.05, 4.69) is 220 Å². The normalized spacial score (nSPS) is 11.6. The second kappa shape index (κ2) is 73.2. The topological polar surface area (TPSA) is 490 Å². The Morgan fingerprint density at radius 1 is 0.326 bits per heavy atom. The predicted molar refractivity (Wildman–Crippen MR) is 541 cm³/mol. The molecule has 0 bridgehead atoms. The third-order valence-corrected chi connectivity index (χ3v) is 52.8. The minimum absolute atomic E-state index is 0.0157. The largest absolute Gasteiger partial charge is 0.455 e. The molecule has 3 heterocycles. The number of thioether (sulfide) groups is 4. The molecule has 0 atom stereocenters. The van der Waals surface area contributed by atoms with Gasteiger partial charge in [-0.2, -0.15) is 22.2 Å². The van der Waals surface area contributed by atoms with Gasteiger partial charge in [0.2, 0.25) is 23.6 Å². The fourth-order valence-electron chi connectivity index (χ4n) is 11.0. The predicted octanol–water partition coefficient (Wildman–Crippen LogP) is 18.3. The number of amides is 4. The van der Waals surface area contributed by atoms with Crippen LogP contribution < -0.4 is 21.3 Å². The van der Waals surface area contributed by atoms with Gasteiger partial charge in [0, 0.05) is 180 Å². The van der Waals surface area contributed by atoms with Crippen molar-refractivity contribution in [1.29, 1.82) is 0 Å². The molecule has 0 aliphatic rings. The summed E-state index contributed by atoms with van der Waals surface area (Å²) in [4.78, 5) is 81.8. The number of carbonyl (C=O) groups excluding carboxylic acids is 4. The van der Waals surface area contributed by atoms with Crippen molar-refractivity contribution >= 4 is 158 Å². The molecule has 4 N–H and O–H groups in total. The molecular weight excluding hydrogens is 1910 g/mol. The molecule has 0 fully saturated rings. The summed E-state index contributed by atoms with van der Waals surface area (Å²) < 4.78 is 63.2. The molecule has 129 heavy (non-hydrogen) atoms. The molecule has 0 spiro atoms. The summed E-state index contributed by atoms with van der Waals surface area (Å²) in [5.41, 5.74) is 36.5. The van der Waals surface area contributed by atoms with E-state index >= 15 is 0 Å². The smallest absolute Gasteiger partial charge is 0.216 e. The van der Waals surface area contributed by atoms with Crippen LogP contribution in [0, 0.1) is 0 Å². The second-order valence-electron chi connectivity index (χ2n) is 34.0. The van der Waals surface area contributed by atoms with Gasteiger partial charge in [-0.05, 0) is 168 Å². The van der Waals surface area contributed by atoms with Crippen LogP contribution in [0.1, 0.15) is 75.6 Å². The zero-order valence-electron chi connectivity index (χ0n) is 79.8. The Bertz CT molecular complexity index is 3780. The number of nitrogens with zero attached hydrogens (tertiary/aromatic N) is 18. The van der Waals surface area contributed by atoms with Crippen LogP contribution in [-0.4, -0.2) is 271 Å². The fraction of sp³-hybridized carbons (Fsp3) is 0.718. The SMILES string of the molecule is CC(=O)NCCC[Si](C)(C)Cl.CC(=O)NCCC[Si](C)(C)O[Si](C)(C)CCCNC(C)=O.CC(=O)NCCC[Si](C)(C)O[Si](C)(C)CSc1ncc(COCCOCCN=[N+]=[N-])cn1.C[Si](C)(CSc1ncc(COCCOCCN=[N+]=[N-])cn1)O[Si](C)(C)CSc1ncc(COCCOCCN=[N+]=[N-])cn1.C[Si](C)(Cl)CSc1ccc(COCCOCCN=[N+]=[N-])cc1. The van der Waals surface area contributed by atoms with Crippen LogP contribution in [0.2, 0.25) is 129 Å². The standard InChI is InChI=1S/C24H40N10O5S2Si2.C19H36N6O4SSi2.C14H22ClN3O2SSi.C14H32N2O3Si2.C7H16ClNOSi/c1-42(2,19-40-23-27-13-21(14-28-23)17-37-11-9-35-7-5-31-33-25)39-43(3,4)20-41-24-29-15-22(16-30-24)18-38-12-10-36-8-6-32-34-26;1-17(26)21-7-6-12-31(2,3)29-32(4,5)16-30-19-22-13-18(14-23-19)15-28-11-10-27-9-8-24-25-20;1-22(2,15)12-21-14-5-3-13(4-6-14)11-20-10-9-19-8-7-17-18-16;1-13(17)15-9-7-11-20(3,4)19-21(5,6)12-8-10-16-14(2)18;1-7(10)9-5-4-6-11(2,3)8/h13-16H,5-12,17-20H2,1-4H3;13-14H,6-12,15-16H2,1-5H3,(H,21,26);3-6H,7-12H2,1-2H3;7-12H2,1-6H3,(H,15,17)(H,16,18);4-6H2,1-3H3,(H,9,10). The van der Waals surface area contributed by atoms with Gasteiger partial charge in [-0.15, -0.1) is 11.8 Å². The number of carbonyl (C=O) groups is 4. The summed E-state index contributed by atoms with van der Waals surface area (Å²) in [6, 6.07) is 12.6. The molecular formula is C78H146Cl2N22O15S4Si8. The van der Waals surface area contributed by atoms with E-state index < -0.39 is 64.7 Å². The Morgan fingerprint density at radius 2 is 0.566 bits per heavy atom. The fourth-order valence-corrected chi connectivity index (χ4v) is 46.3. The van der Waals surface area contributed by atoms with Gasteiger partial charge >= 0.3 is 0 Å². The van der Waals surface area contributed by atoms with Crippen molar-refractivity contribution in [2.45, 2.75) is 229 Å². The number of nitrogens with one attached hydrogen (secondary N) is 4. The number of hydrogen-bond donors (Lipinski definition) is 4. The molecule has 1 aromatic carbocycles. The zero-order valence-corrected chi connectivity index (χ0v) is 92.6. The maximum Gasteiger partial charge on any atom is 0.216 e. The summed E-state index contributed by atoms with van der Waals surface area (Å²) >= 11 is 19.1. The Kier molecular flexibility index (Phi) is 70.3. The van der Waals surface area contributed by atoms with Gasteiger partial charge in [0.15, 0.2) is 80.1 Å². The molecule has 4 rings (SSSR count). The van der Waals surface area contributed by atoms with E-state index in [9.17, 15) is 19.2 Å². The first-order chi connectivity index (χ1) is 60.8. The third kappa shape index (κ3) is 81.0. The molecule has 0 unspecified atom stereocenters. The zero-order chi connectivity index (χ0) is 96.8. The van der Waals surface area contributed by atoms with Gasteiger partial charge in [0.1, 0.15) is 0 Å². The molecule has 51 heteroatoms. The van der Waals surface area contributed by atoms with Gasteiger partial charge in [-0.3, -0.25) is 19.2 Å². The summed E-state index contributed by atoms with van der Waals surface area (Å²) in [6.07, 6.45) is 14.6. The summed E-state index contributed by atoms with van der Waals surface area (Å²) in [5.74, 6) is 0.118. The minimum Gasteiger partial charge on any atom is -0.455 e. The number of azide groups is 4. The number of halogens is 2. The van der Waals surface area contributed by atoms with Crippen LogP contribution in [0.25, 0.3) is 41.8 Å². The van der Waals surface area contributed by atoms with Crippen LogP contribution >= 0.6 is 69.2 Å². The molecule has 4 aromatic rings. The van der Waals surface area contributed by atoms with Crippen molar-refractivity contribution in [3.05, 3.63) is 125 Å². The molecule has 0 saturated heterocycles. The molecule has 728 valence electrons. The summed E-state index contributed by atoms with van der Waals surface area (Å²) in [7, 11) is -13.9. The van der Waals surface area contributed by atoms with E-state index in [0.29, 0.717) is 138 Å². The van der Waals surface area contributed by atoms with E-state index in [4.69, 9.17) is 94.5 Å². The maximum absolute atomic E-state index is 11.0. The van der Waals surface area contributed by atoms with Crippen LogP contribution in [0.4, 0.5) is 0 Å². The quantitative estimate of drug-likeness (QED) is 0.00466. The first-order valence-corrected chi connectivity index (χ1v) is 74.0. The number of rotatable bonds is 66. The summed E-state index contributed by atoms with van der Waals surface area (Å²) in [5, 5.41) is 30.6. The van der Waals surface area contributed by atoms with Crippen molar-refractivity contribution in [1.82, 2.24) is 51.2 Å². The summed E-state index contributed by atoms with van der Waals surface area (Å²) in [6.45, 7) is 52.9. The highest BCUT2D eigenvalue weighted by atomic mass is 35.6. The molecule has 0 saturated carbocycles. The molecule has 0 aliphatic carbocycles. The number of hydrogen-bond acceptors (Lipinski definition) is 29. The highest BCUT2D eigenvalue weighted by Gasteiger charge is 2.36. The molecule has 37 nitrogen and oxygen atoms in total. The van der Waals surface area contributed by atoms with Crippen molar-refractivity contribution in [2.24, 2.45) is 20.5 Å². The highest BCUT2D eigenvalue weighted by molar-refractivity contribution is 8.01. The highest BCUT2D eigenvalue weighted by Crippen LogP contribution is 2.30. The first kappa shape index (κ1) is 124. The molecule has 4 amide bonds. The van der Waals surface area contributed by atoms with Crippen molar-refractivity contribution in [3.8, 4) is 0 Å². The Balaban J connectivity index is 0.00000169. The Morgan fingerprint density at radius 3 is 0.814 bits per heavy atom. The number of benzene rings is 1. The third-order valence-electron chi connectivity index (χ3n) is 16.3. The van der Waals surface area contributed by atoms with Crippen LogP contribution in [0.15, 0.2) is 102 Å². The van der Waals surface area contributed by atoms with E-state index in [1.807, 2.05) is 11.8 Å². The minimum atomic E-state index is -1.98. The lowest BCUT2D eigenvalue weighted by Crippen LogP contribution is -2.48. The van der Waals surface area contributed by atoms with E-state index in [0.717, 1.165) is 129 Å². The van der Waals surface area contributed by atoms with Gasteiger partial charge in [-0.25, -0.2) is 29.9 Å². The lowest BCUT2D eigenvalue weighted by Gasteiger charge is -2.34. The number of ether oxygens (including phenoxy) is 8. The second-order valence-corrected chi connectivity index (χ2v) is 80.0. The lowest BCUT2D eigenvalue weighted by atomic mass is 10.2. The monoisotopic (exact) mass is 2050 g/mol. The Hall–Kier alpha value is -5.14. The molecule has 3 aromatic heterocycles. The van der Waals surface area contributed by atoms with Crippen molar-refractivity contribution in [2.75, 3.05) is 153 Å². The maximum atomic E-state index is 11.0. The van der Waals surface area contributed by atoms with E-state index in [-0.39, 0.29) is 23.6 Å². The first-order valence-electron chi connectivity index (χ1n) is 43.0. The number of aromatic nitrogens is 6. The van der Waals surface area contributed by atoms with Crippen LogP contribution in [0.3, 0.4) is 0 Å². The van der Waals surface area contributed by atoms with Gasteiger partial charge < -0.3 is 71.5 Å². The molecule has 0 aliphatic heterocycles. The molecule has 0 radical (unpaired) electrons. The van der Waals surface area contributed by atoms with Gasteiger partial charge in [0.05, 0.1) is 106 Å². The van der Waals surface area contributed by atoms with Crippen molar-refractivity contribution in [3.63, 3.8) is 0 Å². The van der Waals surface area contributed by atoms with Crippen LogP contribution in [-0.2, 0) is 95.8 Å². The van der Waals surface area contributed by atoms with Crippen molar-refractivity contribution < 1.29 is 69.4 Å². The average molecular weight is 2060 g/mol. The van der Waals surface area contributed by atoms with Crippen LogP contribution in [0.5, 0.6) is 0 Å².